The Hall–Kier alpha value is -2.32. The number of carbonyl (C=O) groups is 1. The Kier molecular flexibility index (Phi) is 3.89. The maximum absolute atomic E-state index is 11.9. The van der Waals surface area contributed by atoms with Gasteiger partial charge in [0.1, 0.15) is 16.8 Å². The predicted molar refractivity (Wildman–Crippen MR) is 81.6 cm³/mol. The highest BCUT2D eigenvalue weighted by Gasteiger charge is 2.23. The van der Waals surface area contributed by atoms with E-state index in [-0.39, 0.29) is 12.5 Å². The molecule has 106 valence electrons. The number of amides is 1. The van der Waals surface area contributed by atoms with Crippen LogP contribution in [0.4, 0.5) is 5.00 Å². The molecule has 0 fully saturated rings. The summed E-state index contributed by atoms with van der Waals surface area (Å²) in [5.41, 5.74) is 1.74. The standard InChI is InChI=1S/C16H14N2O2S/c17-9-13-12-7-4-8-14(12)21-16(13)18-15(19)10-20-11-5-2-1-3-6-11/h1-3,5-6H,4,7-8,10H2,(H,18,19). The molecule has 4 nitrogen and oxygen atoms in total. The maximum atomic E-state index is 11.9. The highest BCUT2D eigenvalue weighted by molar-refractivity contribution is 7.16. The number of hydrogen-bond donors (Lipinski definition) is 1. The zero-order valence-electron chi connectivity index (χ0n) is 11.4. The zero-order chi connectivity index (χ0) is 14.7. The van der Waals surface area contributed by atoms with Gasteiger partial charge < -0.3 is 10.1 Å². The number of aryl methyl sites for hydroxylation is 1. The van der Waals surface area contributed by atoms with Crippen LogP contribution in [0.1, 0.15) is 22.4 Å². The summed E-state index contributed by atoms with van der Waals surface area (Å²) in [5, 5.41) is 12.7. The number of anilines is 1. The number of nitrogens with zero attached hydrogens (tertiary/aromatic N) is 1. The lowest BCUT2D eigenvalue weighted by molar-refractivity contribution is -0.118. The van der Waals surface area contributed by atoms with E-state index < -0.39 is 0 Å². The lowest BCUT2D eigenvalue weighted by Gasteiger charge is -2.06. The summed E-state index contributed by atoms with van der Waals surface area (Å²) in [5.74, 6) is 0.414. The lowest BCUT2D eigenvalue weighted by atomic mass is 10.1. The van der Waals surface area contributed by atoms with E-state index >= 15 is 0 Å². The summed E-state index contributed by atoms with van der Waals surface area (Å²) in [7, 11) is 0. The summed E-state index contributed by atoms with van der Waals surface area (Å²) in [6, 6.07) is 11.4. The molecular formula is C16H14N2O2S. The van der Waals surface area contributed by atoms with E-state index in [2.05, 4.69) is 11.4 Å². The van der Waals surface area contributed by atoms with Crippen LogP contribution in [-0.2, 0) is 17.6 Å². The second-order valence-corrected chi connectivity index (χ2v) is 5.93. The molecule has 0 unspecified atom stereocenters. The first-order valence-electron chi connectivity index (χ1n) is 6.80. The van der Waals surface area contributed by atoms with Crippen molar-refractivity contribution < 1.29 is 9.53 Å². The smallest absolute Gasteiger partial charge is 0.262 e. The fourth-order valence-electron chi connectivity index (χ4n) is 2.44. The van der Waals surface area contributed by atoms with Crippen molar-refractivity contribution in [3.63, 3.8) is 0 Å². The van der Waals surface area contributed by atoms with Crippen LogP contribution >= 0.6 is 11.3 Å². The van der Waals surface area contributed by atoms with Crippen LogP contribution < -0.4 is 10.1 Å². The summed E-state index contributed by atoms with van der Waals surface area (Å²) in [6.07, 6.45) is 3.04. The third-order valence-electron chi connectivity index (χ3n) is 3.40. The van der Waals surface area contributed by atoms with E-state index in [1.807, 2.05) is 18.2 Å². The predicted octanol–water partition coefficient (Wildman–Crippen LogP) is 3.13. The molecule has 5 heteroatoms. The van der Waals surface area contributed by atoms with E-state index in [1.165, 1.54) is 16.2 Å². The molecule has 1 amide bonds. The Morgan fingerprint density at radius 3 is 2.90 bits per heavy atom. The average Bonchev–Trinajstić information content (AvgIpc) is 3.06. The third-order valence-corrected chi connectivity index (χ3v) is 4.61. The minimum absolute atomic E-state index is 0.0581. The topological polar surface area (TPSA) is 62.1 Å². The van der Waals surface area contributed by atoms with Crippen molar-refractivity contribution in [1.29, 1.82) is 5.26 Å². The molecule has 21 heavy (non-hydrogen) atoms. The molecule has 0 saturated carbocycles. The normalized spacial score (nSPS) is 12.5. The summed E-state index contributed by atoms with van der Waals surface area (Å²) in [4.78, 5) is 13.2. The van der Waals surface area contributed by atoms with Crippen molar-refractivity contribution in [2.45, 2.75) is 19.3 Å². The molecule has 0 radical (unpaired) electrons. The van der Waals surface area contributed by atoms with E-state index in [9.17, 15) is 10.1 Å². The van der Waals surface area contributed by atoms with Gasteiger partial charge in [-0.15, -0.1) is 11.3 Å². The number of hydrogen-bond acceptors (Lipinski definition) is 4. The molecule has 0 bridgehead atoms. The van der Waals surface area contributed by atoms with Crippen molar-refractivity contribution in [3.8, 4) is 11.8 Å². The molecule has 0 atom stereocenters. The monoisotopic (exact) mass is 298 g/mol. The van der Waals surface area contributed by atoms with E-state index in [4.69, 9.17) is 4.74 Å². The Balaban J connectivity index is 1.64. The van der Waals surface area contributed by atoms with Crippen LogP contribution in [0.25, 0.3) is 0 Å². The fourth-order valence-corrected chi connectivity index (χ4v) is 3.69. The highest BCUT2D eigenvalue weighted by Crippen LogP contribution is 2.38. The largest absolute Gasteiger partial charge is 0.484 e. The van der Waals surface area contributed by atoms with Gasteiger partial charge in [-0.25, -0.2) is 0 Å². The molecule has 0 aliphatic heterocycles. The van der Waals surface area contributed by atoms with Gasteiger partial charge in [-0.1, -0.05) is 18.2 Å². The van der Waals surface area contributed by atoms with Crippen LogP contribution in [-0.4, -0.2) is 12.5 Å². The number of nitrogens with one attached hydrogen (secondary N) is 1. The quantitative estimate of drug-likeness (QED) is 0.943. The average molecular weight is 298 g/mol. The number of rotatable bonds is 4. The van der Waals surface area contributed by atoms with Gasteiger partial charge in [-0.2, -0.15) is 5.26 Å². The number of fused-ring (bicyclic) bond motifs is 1. The fraction of sp³-hybridized carbons (Fsp3) is 0.250. The number of carbonyl (C=O) groups excluding carboxylic acids is 1. The van der Waals surface area contributed by atoms with Crippen molar-refractivity contribution >= 4 is 22.2 Å². The van der Waals surface area contributed by atoms with Crippen molar-refractivity contribution in [1.82, 2.24) is 0 Å². The van der Waals surface area contributed by atoms with Crippen LogP contribution in [0.15, 0.2) is 30.3 Å². The molecule has 2 aromatic rings. The number of para-hydroxylation sites is 1. The van der Waals surface area contributed by atoms with Gasteiger partial charge in [0, 0.05) is 4.88 Å². The lowest BCUT2D eigenvalue weighted by Crippen LogP contribution is -2.20. The number of nitriles is 1. The van der Waals surface area contributed by atoms with Gasteiger partial charge in [0.15, 0.2) is 6.61 Å². The summed E-state index contributed by atoms with van der Waals surface area (Å²) < 4.78 is 5.40. The van der Waals surface area contributed by atoms with E-state index in [0.717, 1.165) is 24.8 Å². The van der Waals surface area contributed by atoms with Crippen LogP contribution in [0, 0.1) is 11.3 Å². The van der Waals surface area contributed by atoms with Crippen molar-refractivity contribution in [2.75, 3.05) is 11.9 Å². The van der Waals surface area contributed by atoms with Gasteiger partial charge in [-0.3, -0.25) is 4.79 Å². The van der Waals surface area contributed by atoms with Crippen LogP contribution in [0.3, 0.4) is 0 Å². The van der Waals surface area contributed by atoms with Crippen LogP contribution in [0.5, 0.6) is 5.75 Å². The summed E-state index contributed by atoms with van der Waals surface area (Å²) in [6.45, 7) is -0.0581. The molecule has 1 aliphatic rings. The summed E-state index contributed by atoms with van der Waals surface area (Å²) >= 11 is 1.51. The van der Waals surface area contributed by atoms with Gasteiger partial charge in [-0.05, 0) is 37.0 Å². The highest BCUT2D eigenvalue weighted by atomic mass is 32.1. The first-order valence-corrected chi connectivity index (χ1v) is 7.62. The van der Waals surface area contributed by atoms with Crippen LogP contribution in [0.2, 0.25) is 0 Å². The molecule has 1 aromatic heterocycles. The Morgan fingerprint density at radius 2 is 2.14 bits per heavy atom. The van der Waals surface area contributed by atoms with Gasteiger partial charge in [0.05, 0.1) is 5.56 Å². The second kappa shape index (κ2) is 5.98. The van der Waals surface area contributed by atoms with E-state index in [1.54, 1.807) is 12.1 Å². The molecule has 1 N–H and O–H groups in total. The van der Waals surface area contributed by atoms with Crippen molar-refractivity contribution in [2.24, 2.45) is 0 Å². The molecular weight excluding hydrogens is 284 g/mol. The molecule has 0 spiro atoms. The Labute approximate surface area is 127 Å². The first-order chi connectivity index (χ1) is 10.3. The molecule has 0 saturated heterocycles. The Morgan fingerprint density at radius 1 is 1.33 bits per heavy atom. The third kappa shape index (κ3) is 2.91. The Bertz CT molecular complexity index is 701. The molecule has 1 aliphatic carbocycles. The number of benzene rings is 1. The molecule has 3 rings (SSSR count). The first kappa shape index (κ1) is 13.7. The van der Waals surface area contributed by atoms with Gasteiger partial charge in [0.2, 0.25) is 0 Å². The van der Waals surface area contributed by atoms with E-state index in [0.29, 0.717) is 16.3 Å². The molecule has 1 aromatic carbocycles. The van der Waals surface area contributed by atoms with Gasteiger partial charge in [0.25, 0.3) is 5.91 Å². The number of thiophene rings is 1. The second-order valence-electron chi connectivity index (χ2n) is 4.82. The van der Waals surface area contributed by atoms with Gasteiger partial charge >= 0.3 is 0 Å². The maximum Gasteiger partial charge on any atom is 0.262 e. The molecule has 1 heterocycles. The SMILES string of the molecule is N#Cc1c(NC(=O)COc2ccccc2)sc2c1CCC2. The minimum atomic E-state index is -0.240. The van der Waals surface area contributed by atoms with Crippen molar-refractivity contribution in [3.05, 3.63) is 46.3 Å². The number of ether oxygens (including phenoxy) is 1. The zero-order valence-corrected chi connectivity index (χ0v) is 12.2. The minimum Gasteiger partial charge on any atom is -0.484 e.